The van der Waals surface area contributed by atoms with Crippen LogP contribution in [0.1, 0.15) is 33.4 Å². The van der Waals surface area contributed by atoms with Crippen LogP contribution in [0.4, 0.5) is 0 Å². The third-order valence-electron chi connectivity index (χ3n) is 5.02. The van der Waals surface area contributed by atoms with E-state index in [1.165, 1.54) is 27.7 Å². The Hall–Kier alpha value is -3.60. The molecule has 11 nitrogen and oxygen atoms in total. The number of ether oxygens (including phenoxy) is 5. The van der Waals surface area contributed by atoms with Crippen molar-refractivity contribution in [2.45, 2.75) is 64.6 Å². The molecule has 2 aromatic heterocycles. The molecule has 1 saturated heterocycles. The Bertz CT molecular complexity index is 1070. The van der Waals surface area contributed by atoms with Crippen LogP contribution in [0.15, 0.2) is 30.5 Å². The van der Waals surface area contributed by atoms with Crippen LogP contribution in [0.5, 0.6) is 0 Å². The molecule has 0 amide bonds. The molecular weight excluding hydrogens is 448 g/mol. The average molecular weight is 474 g/mol. The Morgan fingerprint density at radius 2 is 1.44 bits per heavy atom. The van der Waals surface area contributed by atoms with Crippen molar-refractivity contribution < 1.29 is 42.9 Å². The van der Waals surface area contributed by atoms with E-state index in [1.807, 2.05) is 12.1 Å². The first kappa shape index (κ1) is 25.0. The minimum atomic E-state index is -1.21. The summed E-state index contributed by atoms with van der Waals surface area (Å²) in [6, 6.07) is 7.28. The first-order valence-corrected chi connectivity index (χ1v) is 10.6. The van der Waals surface area contributed by atoms with E-state index in [0.717, 1.165) is 5.39 Å². The Morgan fingerprint density at radius 1 is 0.824 bits per heavy atom. The van der Waals surface area contributed by atoms with Crippen LogP contribution >= 0.6 is 0 Å². The summed E-state index contributed by atoms with van der Waals surface area (Å²) in [6.45, 7) is 4.50. The van der Waals surface area contributed by atoms with Crippen LogP contribution < -0.4 is 0 Å². The van der Waals surface area contributed by atoms with Gasteiger partial charge in [-0.05, 0) is 24.3 Å². The van der Waals surface area contributed by atoms with Gasteiger partial charge in [0.1, 0.15) is 18.8 Å². The molecule has 0 spiro atoms. The van der Waals surface area contributed by atoms with Crippen molar-refractivity contribution in [1.82, 2.24) is 9.97 Å². The van der Waals surface area contributed by atoms with Gasteiger partial charge in [0.15, 0.2) is 24.0 Å². The highest BCUT2D eigenvalue weighted by Gasteiger charge is 2.52. The fourth-order valence-electron chi connectivity index (χ4n) is 3.79. The molecular formula is C23H26N2O9. The fraction of sp³-hybridized carbons (Fsp3) is 0.478. The van der Waals surface area contributed by atoms with Gasteiger partial charge in [-0.25, -0.2) is 9.97 Å². The maximum Gasteiger partial charge on any atom is 0.303 e. The van der Waals surface area contributed by atoms with E-state index in [-0.39, 0.29) is 13.0 Å². The molecule has 0 radical (unpaired) electrons. The summed E-state index contributed by atoms with van der Waals surface area (Å²) >= 11 is 0. The van der Waals surface area contributed by atoms with E-state index in [2.05, 4.69) is 9.97 Å². The van der Waals surface area contributed by atoms with Gasteiger partial charge in [-0.1, -0.05) is 0 Å². The molecule has 1 aliphatic rings. The monoisotopic (exact) mass is 474 g/mol. The van der Waals surface area contributed by atoms with Crippen LogP contribution in [0.3, 0.4) is 0 Å². The summed E-state index contributed by atoms with van der Waals surface area (Å²) in [6.07, 6.45) is -3.61. The molecule has 0 unspecified atom stereocenters. The van der Waals surface area contributed by atoms with Gasteiger partial charge in [-0.15, -0.1) is 0 Å². The lowest BCUT2D eigenvalue weighted by atomic mass is 9.91. The number of rotatable bonds is 7. The van der Waals surface area contributed by atoms with Crippen molar-refractivity contribution in [2.24, 2.45) is 0 Å². The zero-order valence-electron chi connectivity index (χ0n) is 19.3. The molecule has 182 valence electrons. The van der Waals surface area contributed by atoms with Gasteiger partial charge in [0.25, 0.3) is 0 Å². The molecule has 0 bridgehead atoms. The second-order valence-electron chi connectivity index (χ2n) is 7.79. The van der Waals surface area contributed by atoms with Crippen LogP contribution in [0.25, 0.3) is 11.0 Å². The normalized spacial score (nSPS) is 24.2. The lowest BCUT2D eigenvalue weighted by molar-refractivity contribution is -0.252. The number of hydrogen-bond acceptors (Lipinski definition) is 11. The number of hydrogen-bond donors (Lipinski definition) is 0. The Labute approximate surface area is 195 Å². The molecule has 34 heavy (non-hydrogen) atoms. The third kappa shape index (κ3) is 6.47. The SMILES string of the molecule is CC(=O)OC[C@H]1O[C@@H](Cc2ccc3cccnc3n2)[C@H](OC(C)=O)[C@@H](OC(C)=O)[C@@H]1OC(C)=O. The minimum absolute atomic E-state index is 0.144. The smallest absolute Gasteiger partial charge is 0.303 e. The lowest BCUT2D eigenvalue weighted by Crippen LogP contribution is -2.62. The number of esters is 4. The highest BCUT2D eigenvalue weighted by molar-refractivity contribution is 5.74. The van der Waals surface area contributed by atoms with Crippen molar-refractivity contribution in [3.8, 4) is 0 Å². The molecule has 0 saturated carbocycles. The summed E-state index contributed by atoms with van der Waals surface area (Å²) in [5.74, 6) is -2.58. The molecule has 0 aliphatic carbocycles. The predicted molar refractivity (Wildman–Crippen MR) is 115 cm³/mol. The fourth-order valence-corrected chi connectivity index (χ4v) is 3.79. The van der Waals surface area contributed by atoms with Crippen LogP contribution in [0.2, 0.25) is 0 Å². The molecule has 1 fully saturated rings. The predicted octanol–water partition coefficient (Wildman–Crippen LogP) is 1.30. The van der Waals surface area contributed by atoms with Crippen molar-refractivity contribution in [1.29, 1.82) is 0 Å². The standard InChI is InChI=1S/C23H26N2O9/c1-12(26)30-11-19-21(32-14(3)28)22(33-15(4)29)20(31-13(2)27)18(34-19)10-17-8-7-16-6-5-9-24-23(16)25-17/h5-9,18-22H,10-11H2,1-4H3/t18-,19+,20-,21+,22+/m0/s1. The van der Waals surface area contributed by atoms with Gasteiger partial charge >= 0.3 is 23.9 Å². The zero-order valence-corrected chi connectivity index (χ0v) is 19.3. The molecule has 0 aromatic carbocycles. The highest BCUT2D eigenvalue weighted by Crippen LogP contribution is 2.31. The van der Waals surface area contributed by atoms with Crippen LogP contribution in [-0.2, 0) is 49.3 Å². The number of carbonyl (C=O) groups is 4. The third-order valence-corrected chi connectivity index (χ3v) is 5.02. The van der Waals surface area contributed by atoms with E-state index < -0.39 is 54.4 Å². The lowest BCUT2D eigenvalue weighted by Gasteiger charge is -2.44. The summed E-state index contributed by atoms with van der Waals surface area (Å²) in [7, 11) is 0. The molecule has 5 atom stereocenters. The van der Waals surface area contributed by atoms with Gasteiger partial charge in [0.2, 0.25) is 0 Å². The number of fused-ring (bicyclic) bond motifs is 1. The molecule has 3 heterocycles. The summed E-state index contributed by atoms with van der Waals surface area (Å²) < 4.78 is 27.5. The molecule has 3 rings (SSSR count). The molecule has 1 aliphatic heterocycles. The Morgan fingerprint density at radius 3 is 2.06 bits per heavy atom. The van der Waals surface area contributed by atoms with Gasteiger partial charge in [0.05, 0.1) is 0 Å². The first-order valence-electron chi connectivity index (χ1n) is 10.6. The number of carbonyl (C=O) groups excluding carboxylic acids is 4. The quantitative estimate of drug-likeness (QED) is 0.423. The van der Waals surface area contributed by atoms with Crippen molar-refractivity contribution >= 4 is 34.9 Å². The second kappa shape index (κ2) is 11.0. The average Bonchev–Trinajstić information content (AvgIpc) is 2.75. The van der Waals surface area contributed by atoms with Gasteiger partial charge in [-0.3, -0.25) is 19.2 Å². The van der Waals surface area contributed by atoms with E-state index in [4.69, 9.17) is 23.7 Å². The number of aromatic nitrogens is 2. The summed E-state index contributed by atoms with van der Waals surface area (Å²) in [4.78, 5) is 55.8. The topological polar surface area (TPSA) is 140 Å². The highest BCUT2D eigenvalue weighted by atomic mass is 16.7. The van der Waals surface area contributed by atoms with E-state index in [9.17, 15) is 19.2 Å². The summed E-state index contributed by atoms with van der Waals surface area (Å²) in [5.41, 5.74) is 1.10. The Balaban J connectivity index is 1.98. The van der Waals surface area contributed by atoms with Crippen LogP contribution in [-0.4, -0.2) is 71.0 Å². The van der Waals surface area contributed by atoms with E-state index in [1.54, 1.807) is 18.3 Å². The first-order chi connectivity index (χ1) is 16.1. The molecule has 0 N–H and O–H groups in total. The Kier molecular flexibility index (Phi) is 8.11. The second-order valence-corrected chi connectivity index (χ2v) is 7.79. The summed E-state index contributed by atoms with van der Waals surface area (Å²) in [5, 5.41) is 0.841. The molecule has 11 heteroatoms. The van der Waals surface area contributed by atoms with Gasteiger partial charge in [-0.2, -0.15) is 0 Å². The maximum absolute atomic E-state index is 11.9. The largest absolute Gasteiger partial charge is 0.463 e. The molecule has 2 aromatic rings. The van der Waals surface area contributed by atoms with Crippen molar-refractivity contribution in [3.63, 3.8) is 0 Å². The number of nitrogens with zero attached hydrogens (tertiary/aromatic N) is 2. The minimum Gasteiger partial charge on any atom is -0.463 e. The number of pyridine rings is 2. The van der Waals surface area contributed by atoms with E-state index in [0.29, 0.717) is 11.3 Å². The van der Waals surface area contributed by atoms with Crippen molar-refractivity contribution in [3.05, 3.63) is 36.2 Å². The van der Waals surface area contributed by atoms with Crippen LogP contribution in [0, 0.1) is 0 Å². The van der Waals surface area contributed by atoms with Gasteiger partial charge < -0.3 is 23.7 Å². The maximum atomic E-state index is 11.9. The zero-order chi connectivity index (χ0) is 24.8. The van der Waals surface area contributed by atoms with E-state index >= 15 is 0 Å². The van der Waals surface area contributed by atoms with Gasteiger partial charge in [0, 0.05) is 51.4 Å². The van der Waals surface area contributed by atoms with Crippen molar-refractivity contribution in [2.75, 3.05) is 6.61 Å².